The van der Waals surface area contributed by atoms with Crippen LogP contribution in [0.25, 0.3) is 11.0 Å². The summed E-state index contributed by atoms with van der Waals surface area (Å²) in [7, 11) is 3.76. The molecule has 1 N–H and O–H groups in total. The monoisotopic (exact) mass is 354 g/mol. The van der Waals surface area contributed by atoms with Crippen LogP contribution < -0.4 is 0 Å². The highest BCUT2D eigenvalue weighted by atomic mass is 16.5. The molecule has 0 spiro atoms. The van der Waals surface area contributed by atoms with E-state index in [1.807, 2.05) is 36.7 Å². The lowest BCUT2D eigenvalue weighted by molar-refractivity contribution is 0.0550. The normalized spacial score (nSPS) is 20.0. The minimum atomic E-state index is -0.0837. The Hall–Kier alpha value is -2.74. The summed E-state index contributed by atoms with van der Waals surface area (Å²) in [4.78, 5) is 23.3. The molecule has 0 radical (unpaired) electrons. The van der Waals surface area contributed by atoms with E-state index in [1.165, 1.54) is 6.33 Å². The fourth-order valence-electron chi connectivity index (χ4n) is 3.55. The molecule has 0 bridgehead atoms. The van der Waals surface area contributed by atoms with Gasteiger partial charge in [-0.1, -0.05) is 0 Å². The lowest BCUT2D eigenvalue weighted by atomic mass is 10.00. The van der Waals surface area contributed by atoms with E-state index in [2.05, 4.69) is 20.2 Å². The summed E-state index contributed by atoms with van der Waals surface area (Å²) < 4.78 is 7.84. The molecule has 0 aliphatic carbocycles. The zero-order valence-corrected chi connectivity index (χ0v) is 15.1. The first-order chi connectivity index (χ1) is 12.5. The van der Waals surface area contributed by atoms with Crippen LogP contribution in [0.4, 0.5) is 0 Å². The molecule has 26 heavy (non-hydrogen) atoms. The van der Waals surface area contributed by atoms with Crippen molar-refractivity contribution in [2.75, 3.05) is 20.2 Å². The second-order valence-electron chi connectivity index (χ2n) is 6.78. The maximum absolute atomic E-state index is 12.9. The Morgan fingerprint density at radius 1 is 1.46 bits per heavy atom. The molecule has 4 rings (SSSR count). The van der Waals surface area contributed by atoms with Crippen molar-refractivity contribution in [3.05, 3.63) is 41.7 Å². The van der Waals surface area contributed by atoms with Crippen molar-refractivity contribution in [1.29, 1.82) is 0 Å². The standard InChI is InChI=1S/C18H22N6O2/c1-11-21-14-5-4-12(8-15(14)24(11)3)18(25)23(2)9-16-13(6-7-26-16)17-19-10-20-22-17/h4-5,8,10,13,16H,6-7,9H2,1-3H3,(H,19,20,22)/t13-,16-/m1/s1. The number of rotatable bonds is 4. The predicted octanol–water partition coefficient (Wildman–Crippen LogP) is 1.64. The molecular formula is C18H22N6O2. The number of ether oxygens (including phenoxy) is 1. The maximum Gasteiger partial charge on any atom is 0.253 e. The van der Waals surface area contributed by atoms with Crippen LogP contribution in [0.3, 0.4) is 0 Å². The number of carbonyl (C=O) groups is 1. The van der Waals surface area contributed by atoms with E-state index >= 15 is 0 Å². The second kappa shape index (κ2) is 6.53. The van der Waals surface area contributed by atoms with Crippen molar-refractivity contribution in [2.45, 2.75) is 25.4 Å². The first-order valence-corrected chi connectivity index (χ1v) is 8.70. The molecule has 8 nitrogen and oxygen atoms in total. The molecule has 1 aliphatic rings. The summed E-state index contributed by atoms with van der Waals surface area (Å²) >= 11 is 0. The Bertz CT molecular complexity index is 933. The number of hydrogen-bond donors (Lipinski definition) is 1. The van der Waals surface area contributed by atoms with Gasteiger partial charge in [-0.25, -0.2) is 9.97 Å². The molecule has 8 heteroatoms. The number of aromatic amines is 1. The third kappa shape index (κ3) is 2.86. The van der Waals surface area contributed by atoms with Crippen LogP contribution >= 0.6 is 0 Å². The quantitative estimate of drug-likeness (QED) is 0.769. The number of imidazole rings is 1. The number of H-pyrrole nitrogens is 1. The average molecular weight is 354 g/mol. The molecule has 136 valence electrons. The minimum Gasteiger partial charge on any atom is -0.376 e. The van der Waals surface area contributed by atoms with E-state index in [9.17, 15) is 4.79 Å². The number of hydrogen-bond acceptors (Lipinski definition) is 5. The lowest BCUT2D eigenvalue weighted by Gasteiger charge is -2.24. The Balaban J connectivity index is 1.52. The maximum atomic E-state index is 12.9. The summed E-state index contributed by atoms with van der Waals surface area (Å²) in [5, 5.41) is 6.84. The highest BCUT2D eigenvalue weighted by Crippen LogP contribution is 2.29. The first-order valence-electron chi connectivity index (χ1n) is 8.70. The van der Waals surface area contributed by atoms with Crippen LogP contribution in [0.15, 0.2) is 24.5 Å². The van der Waals surface area contributed by atoms with Gasteiger partial charge in [0.2, 0.25) is 0 Å². The SMILES string of the molecule is Cc1nc2ccc(C(=O)N(C)C[C@H]3OCC[C@H]3c3ncn[nH]3)cc2n1C. The molecule has 1 aliphatic heterocycles. The molecule has 0 saturated carbocycles. The van der Waals surface area contributed by atoms with Crippen LogP contribution in [-0.4, -0.2) is 61.8 Å². The van der Waals surface area contributed by atoms with Gasteiger partial charge in [0.1, 0.15) is 18.0 Å². The Labute approximate surface area is 151 Å². The van der Waals surface area contributed by atoms with Crippen molar-refractivity contribution in [3.8, 4) is 0 Å². The summed E-state index contributed by atoms with van der Waals surface area (Å²) in [5.74, 6) is 1.85. The zero-order chi connectivity index (χ0) is 18.3. The van der Waals surface area contributed by atoms with Crippen LogP contribution in [0.1, 0.15) is 34.3 Å². The number of amides is 1. The van der Waals surface area contributed by atoms with E-state index in [0.717, 1.165) is 29.1 Å². The predicted molar refractivity (Wildman–Crippen MR) is 95.9 cm³/mol. The lowest BCUT2D eigenvalue weighted by Crippen LogP contribution is -2.36. The number of aryl methyl sites for hydroxylation is 2. The molecule has 3 heterocycles. The Morgan fingerprint density at radius 3 is 3.08 bits per heavy atom. The van der Waals surface area contributed by atoms with Crippen LogP contribution in [0, 0.1) is 6.92 Å². The number of benzene rings is 1. The van der Waals surface area contributed by atoms with Crippen LogP contribution in [-0.2, 0) is 11.8 Å². The molecule has 2 aromatic heterocycles. The number of nitrogens with zero attached hydrogens (tertiary/aromatic N) is 5. The summed E-state index contributed by atoms with van der Waals surface area (Å²) in [6.45, 7) is 3.12. The number of aromatic nitrogens is 5. The average Bonchev–Trinajstić information content (AvgIpc) is 3.36. The van der Waals surface area contributed by atoms with Gasteiger partial charge in [0.05, 0.1) is 17.1 Å². The van der Waals surface area contributed by atoms with Gasteiger partial charge in [-0.05, 0) is 31.5 Å². The highest BCUT2D eigenvalue weighted by Gasteiger charge is 2.33. The van der Waals surface area contributed by atoms with Crippen LogP contribution in [0.2, 0.25) is 0 Å². The Morgan fingerprint density at radius 2 is 2.31 bits per heavy atom. The first kappa shape index (κ1) is 16.7. The van der Waals surface area contributed by atoms with Gasteiger partial charge in [0, 0.05) is 38.7 Å². The topological polar surface area (TPSA) is 88.9 Å². The molecular weight excluding hydrogens is 332 g/mol. The minimum absolute atomic E-state index is 0.0300. The fraction of sp³-hybridized carbons (Fsp3) is 0.444. The number of fused-ring (bicyclic) bond motifs is 1. The summed E-state index contributed by atoms with van der Waals surface area (Å²) in [5.41, 5.74) is 2.50. The molecule has 0 unspecified atom stereocenters. The largest absolute Gasteiger partial charge is 0.376 e. The van der Waals surface area contributed by atoms with Crippen molar-refractivity contribution in [3.63, 3.8) is 0 Å². The summed E-state index contributed by atoms with van der Waals surface area (Å²) in [6.07, 6.45) is 2.30. The van der Waals surface area contributed by atoms with Crippen molar-refractivity contribution in [1.82, 2.24) is 29.6 Å². The van der Waals surface area contributed by atoms with Gasteiger partial charge in [0.15, 0.2) is 0 Å². The van der Waals surface area contributed by atoms with Gasteiger partial charge >= 0.3 is 0 Å². The number of nitrogens with one attached hydrogen (secondary N) is 1. The molecule has 3 aromatic rings. The van der Waals surface area contributed by atoms with E-state index in [0.29, 0.717) is 18.7 Å². The van der Waals surface area contributed by atoms with E-state index in [1.54, 1.807) is 11.9 Å². The van der Waals surface area contributed by atoms with Crippen molar-refractivity contribution in [2.24, 2.45) is 7.05 Å². The van der Waals surface area contributed by atoms with Gasteiger partial charge in [-0.3, -0.25) is 9.89 Å². The van der Waals surface area contributed by atoms with Crippen LogP contribution in [0.5, 0.6) is 0 Å². The van der Waals surface area contributed by atoms with Gasteiger partial charge in [-0.15, -0.1) is 0 Å². The molecule has 1 amide bonds. The van der Waals surface area contributed by atoms with E-state index in [4.69, 9.17) is 4.74 Å². The second-order valence-corrected chi connectivity index (χ2v) is 6.78. The van der Waals surface area contributed by atoms with Gasteiger partial charge in [-0.2, -0.15) is 5.10 Å². The Kier molecular flexibility index (Phi) is 4.20. The number of likely N-dealkylation sites (N-methyl/N-ethyl adjacent to an activating group) is 1. The van der Waals surface area contributed by atoms with E-state index < -0.39 is 0 Å². The molecule has 1 fully saturated rings. The fourth-order valence-corrected chi connectivity index (χ4v) is 3.55. The van der Waals surface area contributed by atoms with Crippen molar-refractivity contribution >= 4 is 16.9 Å². The smallest absolute Gasteiger partial charge is 0.253 e. The third-order valence-electron chi connectivity index (χ3n) is 5.15. The molecule has 2 atom stereocenters. The zero-order valence-electron chi connectivity index (χ0n) is 15.1. The number of carbonyl (C=O) groups excluding carboxylic acids is 1. The molecule has 1 saturated heterocycles. The van der Waals surface area contributed by atoms with Gasteiger partial charge < -0.3 is 14.2 Å². The van der Waals surface area contributed by atoms with Crippen molar-refractivity contribution < 1.29 is 9.53 Å². The van der Waals surface area contributed by atoms with Gasteiger partial charge in [0.25, 0.3) is 5.91 Å². The van der Waals surface area contributed by atoms with E-state index in [-0.39, 0.29) is 17.9 Å². The summed E-state index contributed by atoms with van der Waals surface area (Å²) in [6, 6.07) is 5.63. The highest BCUT2D eigenvalue weighted by molar-refractivity contribution is 5.97. The third-order valence-corrected chi connectivity index (χ3v) is 5.15. The molecule has 1 aromatic carbocycles.